The van der Waals surface area contributed by atoms with E-state index in [1.807, 2.05) is 0 Å². The SMILES string of the molecule is Nc1nc(N2CCC(N)CC2)sc1C(=O)NC1CCOC1. The molecule has 2 saturated heterocycles. The van der Waals surface area contributed by atoms with E-state index in [2.05, 4.69) is 15.2 Å². The number of anilines is 2. The summed E-state index contributed by atoms with van der Waals surface area (Å²) in [5, 5.41) is 3.76. The molecule has 2 aliphatic heterocycles. The van der Waals surface area contributed by atoms with E-state index in [9.17, 15) is 4.79 Å². The number of carbonyl (C=O) groups is 1. The van der Waals surface area contributed by atoms with E-state index in [4.69, 9.17) is 16.2 Å². The van der Waals surface area contributed by atoms with Gasteiger partial charge in [0.1, 0.15) is 10.7 Å². The van der Waals surface area contributed by atoms with Gasteiger partial charge in [0.25, 0.3) is 5.91 Å². The molecule has 1 aromatic heterocycles. The van der Waals surface area contributed by atoms with Crippen LogP contribution in [0.25, 0.3) is 0 Å². The molecule has 0 saturated carbocycles. The molecule has 0 spiro atoms. The number of amides is 1. The summed E-state index contributed by atoms with van der Waals surface area (Å²) in [7, 11) is 0. The lowest BCUT2D eigenvalue weighted by atomic mass is 10.1. The Morgan fingerprint density at radius 3 is 2.81 bits per heavy atom. The highest BCUT2D eigenvalue weighted by Crippen LogP contribution is 2.30. The molecule has 2 aliphatic rings. The van der Waals surface area contributed by atoms with Crippen molar-refractivity contribution in [1.29, 1.82) is 0 Å². The highest BCUT2D eigenvalue weighted by atomic mass is 32.1. The van der Waals surface area contributed by atoms with Crippen molar-refractivity contribution in [3.8, 4) is 0 Å². The van der Waals surface area contributed by atoms with Gasteiger partial charge >= 0.3 is 0 Å². The Kier molecular flexibility index (Phi) is 4.27. The average Bonchev–Trinajstić information content (AvgIpc) is 3.09. The fraction of sp³-hybridized carbons (Fsp3) is 0.692. The molecule has 0 aliphatic carbocycles. The van der Waals surface area contributed by atoms with Crippen LogP contribution in [0.3, 0.4) is 0 Å². The predicted octanol–water partition coefficient (Wildman–Crippen LogP) is 0.172. The fourth-order valence-corrected chi connectivity index (χ4v) is 3.55. The molecule has 1 amide bonds. The summed E-state index contributed by atoms with van der Waals surface area (Å²) in [6.45, 7) is 3.00. The molecule has 0 aromatic carbocycles. The smallest absolute Gasteiger partial charge is 0.265 e. The van der Waals surface area contributed by atoms with Gasteiger partial charge in [-0.25, -0.2) is 4.98 Å². The molecular weight excluding hydrogens is 290 g/mol. The summed E-state index contributed by atoms with van der Waals surface area (Å²) in [5.74, 6) is 0.154. The molecule has 5 N–H and O–H groups in total. The molecule has 1 unspecified atom stereocenters. The second kappa shape index (κ2) is 6.17. The highest BCUT2D eigenvalue weighted by Gasteiger charge is 2.25. The van der Waals surface area contributed by atoms with Gasteiger partial charge in [0.2, 0.25) is 0 Å². The number of piperidine rings is 1. The van der Waals surface area contributed by atoms with Gasteiger partial charge < -0.3 is 26.4 Å². The van der Waals surface area contributed by atoms with Gasteiger partial charge in [-0.15, -0.1) is 0 Å². The van der Waals surface area contributed by atoms with Gasteiger partial charge in [-0.1, -0.05) is 11.3 Å². The zero-order valence-electron chi connectivity index (χ0n) is 11.9. The standard InChI is InChI=1S/C13H21N5O2S/c14-8-1-4-18(5-2-8)13-17-11(15)10(21-13)12(19)16-9-3-6-20-7-9/h8-9H,1-7,14-15H2,(H,16,19). The predicted molar refractivity (Wildman–Crippen MR) is 82.6 cm³/mol. The maximum absolute atomic E-state index is 12.3. The van der Waals surface area contributed by atoms with E-state index >= 15 is 0 Å². The van der Waals surface area contributed by atoms with E-state index in [0.717, 1.165) is 37.5 Å². The Morgan fingerprint density at radius 1 is 1.38 bits per heavy atom. The van der Waals surface area contributed by atoms with Crippen LogP contribution in [0.2, 0.25) is 0 Å². The quantitative estimate of drug-likeness (QED) is 0.735. The number of thiazole rings is 1. The first kappa shape index (κ1) is 14.6. The Labute approximate surface area is 127 Å². The third kappa shape index (κ3) is 3.28. The maximum atomic E-state index is 12.3. The Bertz CT molecular complexity index is 507. The van der Waals surface area contributed by atoms with Crippen LogP contribution in [0, 0.1) is 0 Å². The second-order valence-corrected chi connectivity index (χ2v) is 6.55. The van der Waals surface area contributed by atoms with E-state index in [0.29, 0.717) is 23.9 Å². The van der Waals surface area contributed by atoms with Crippen molar-refractivity contribution in [3.05, 3.63) is 4.88 Å². The van der Waals surface area contributed by atoms with Crippen LogP contribution >= 0.6 is 11.3 Å². The summed E-state index contributed by atoms with van der Waals surface area (Å²) in [4.78, 5) is 19.2. The van der Waals surface area contributed by atoms with Crippen molar-refractivity contribution in [2.45, 2.75) is 31.3 Å². The first-order valence-electron chi connectivity index (χ1n) is 7.29. The number of nitrogens with two attached hydrogens (primary N) is 2. The van der Waals surface area contributed by atoms with Crippen LogP contribution in [-0.2, 0) is 4.74 Å². The maximum Gasteiger partial charge on any atom is 0.265 e. The van der Waals surface area contributed by atoms with Gasteiger partial charge in [0.05, 0.1) is 12.6 Å². The van der Waals surface area contributed by atoms with Crippen LogP contribution in [0.1, 0.15) is 28.9 Å². The zero-order chi connectivity index (χ0) is 14.8. The molecule has 3 heterocycles. The number of rotatable bonds is 3. The minimum atomic E-state index is -0.152. The summed E-state index contributed by atoms with van der Waals surface area (Å²) in [6.07, 6.45) is 2.74. The minimum Gasteiger partial charge on any atom is -0.382 e. The normalized spacial score (nSPS) is 23.5. The number of hydrogen-bond acceptors (Lipinski definition) is 7. The Morgan fingerprint density at radius 2 is 2.14 bits per heavy atom. The molecule has 8 heteroatoms. The Hall–Kier alpha value is -1.38. The number of hydrogen-bond donors (Lipinski definition) is 3. The number of ether oxygens (including phenoxy) is 1. The van der Waals surface area contributed by atoms with Gasteiger partial charge in [-0.3, -0.25) is 4.79 Å². The molecule has 2 fully saturated rings. The molecular formula is C13H21N5O2S. The lowest BCUT2D eigenvalue weighted by Crippen LogP contribution is -2.39. The molecule has 0 bridgehead atoms. The van der Waals surface area contributed by atoms with Crippen molar-refractivity contribution in [2.24, 2.45) is 5.73 Å². The molecule has 116 valence electrons. The van der Waals surface area contributed by atoms with Crippen LogP contribution in [0.15, 0.2) is 0 Å². The molecule has 21 heavy (non-hydrogen) atoms. The summed E-state index contributed by atoms with van der Waals surface area (Å²) < 4.78 is 5.26. The van der Waals surface area contributed by atoms with Gasteiger partial charge in [0, 0.05) is 25.7 Å². The first-order chi connectivity index (χ1) is 10.1. The molecule has 7 nitrogen and oxygen atoms in total. The number of nitrogen functional groups attached to an aromatic ring is 1. The molecule has 0 radical (unpaired) electrons. The topological polar surface area (TPSA) is 107 Å². The lowest BCUT2D eigenvalue weighted by molar-refractivity contribution is 0.0934. The third-order valence-electron chi connectivity index (χ3n) is 3.92. The van der Waals surface area contributed by atoms with Gasteiger partial charge in [0.15, 0.2) is 5.13 Å². The summed E-state index contributed by atoms with van der Waals surface area (Å²) in [6, 6.07) is 0.346. The number of nitrogens with zero attached hydrogens (tertiary/aromatic N) is 2. The van der Waals surface area contributed by atoms with Crippen LogP contribution < -0.4 is 21.7 Å². The zero-order valence-corrected chi connectivity index (χ0v) is 12.7. The monoisotopic (exact) mass is 311 g/mol. The van der Waals surface area contributed by atoms with Crippen molar-refractivity contribution in [1.82, 2.24) is 10.3 Å². The third-order valence-corrected chi connectivity index (χ3v) is 5.05. The minimum absolute atomic E-state index is 0.0791. The Balaban J connectivity index is 1.67. The van der Waals surface area contributed by atoms with E-state index in [-0.39, 0.29) is 18.0 Å². The van der Waals surface area contributed by atoms with E-state index < -0.39 is 0 Å². The molecule has 3 rings (SSSR count). The molecule has 1 aromatic rings. The van der Waals surface area contributed by atoms with Crippen LogP contribution in [0.4, 0.5) is 10.9 Å². The number of aromatic nitrogens is 1. The van der Waals surface area contributed by atoms with Gasteiger partial charge in [-0.2, -0.15) is 0 Å². The largest absolute Gasteiger partial charge is 0.382 e. The lowest BCUT2D eigenvalue weighted by Gasteiger charge is -2.29. The molecule has 1 atom stereocenters. The number of carbonyl (C=O) groups excluding carboxylic acids is 1. The van der Waals surface area contributed by atoms with Crippen molar-refractivity contribution >= 4 is 28.2 Å². The fourth-order valence-electron chi connectivity index (χ4n) is 2.61. The van der Waals surface area contributed by atoms with Crippen molar-refractivity contribution in [2.75, 3.05) is 36.9 Å². The summed E-state index contributed by atoms with van der Waals surface area (Å²) in [5.41, 5.74) is 11.8. The highest BCUT2D eigenvalue weighted by molar-refractivity contribution is 7.18. The first-order valence-corrected chi connectivity index (χ1v) is 8.10. The number of nitrogens with one attached hydrogen (secondary N) is 1. The van der Waals surface area contributed by atoms with E-state index in [1.165, 1.54) is 11.3 Å². The van der Waals surface area contributed by atoms with Crippen molar-refractivity contribution < 1.29 is 9.53 Å². The van der Waals surface area contributed by atoms with Crippen LogP contribution in [-0.4, -0.2) is 49.3 Å². The summed E-state index contributed by atoms with van der Waals surface area (Å²) >= 11 is 1.35. The average molecular weight is 311 g/mol. The van der Waals surface area contributed by atoms with E-state index in [1.54, 1.807) is 0 Å². The van der Waals surface area contributed by atoms with Crippen molar-refractivity contribution in [3.63, 3.8) is 0 Å². The second-order valence-electron chi connectivity index (χ2n) is 5.57. The van der Waals surface area contributed by atoms with Crippen LogP contribution in [0.5, 0.6) is 0 Å². The van der Waals surface area contributed by atoms with Gasteiger partial charge in [-0.05, 0) is 19.3 Å².